The van der Waals surface area contributed by atoms with Gasteiger partial charge in [0.2, 0.25) is 0 Å². The van der Waals surface area contributed by atoms with Crippen molar-refractivity contribution in [1.82, 2.24) is 5.32 Å². The van der Waals surface area contributed by atoms with E-state index < -0.39 is 5.54 Å². The molecule has 2 rings (SSSR count). The Bertz CT molecular complexity index is 663. The highest BCUT2D eigenvalue weighted by Gasteiger charge is 2.24. The van der Waals surface area contributed by atoms with Crippen LogP contribution in [0.2, 0.25) is 0 Å². The molecule has 0 heterocycles. The van der Waals surface area contributed by atoms with Crippen LogP contribution in [0, 0.1) is 6.92 Å². The minimum Gasteiger partial charge on any atom is -0.343 e. The Morgan fingerprint density at radius 2 is 1.67 bits per heavy atom. The van der Waals surface area contributed by atoms with Crippen LogP contribution in [0.25, 0.3) is 0 Å². The number of aryl methyl sites for hydroxylation is 1. The third-order valence-electron chi connectivity index (χ3n) is 3.36. The molecule has 1 amide bonds. The van der Waals surface area contributed by atoms with Crippen molar-refractivity contribution in [2.45, 2.75) is 26.3 Å². The maximum absolute atomic E-state index is 12.5. The van der Waals surface area contributed by atoms with Crippen molar-refractivity contribution >= 4 is 37.8 Å². The minimum atomic E-state index is -0.443. The molecule has 0 atom stereocenters. The van der Waals surface area contributed by atoms with E-state index in [1.165, 1.54) is 0 Å². The van der Waals surface area contributed by atoms with E-state index >= 15 is 0 Å². The molecule has 0 saturated carbocycles. The lowest BCUT2D eigenvalue weighted by Crippen LogP contribution is -2.41. The molecule has 2 nitrogen and oxygen atoms in total. The number of benzene rings is 2. The van der Waals surface area contributed by atoms with Gasteiger partial charge < -0.3 is 5.32 Å². The molecule has 0 aliphatic heterocycles. The third-order valence-corrected chi connectivity index (χ3v) is 4.58. The summed E-state index contributed by atoms with van der Waals surface area (Å²) in [6.45, 7) is 5.97. The molecular formula is C17H17Br2NO. The van der Waals surface area contributed by atoms with Gasteiger partial charge in [-0.1, -0.05) is 39.7 Å². The molecule has 0 aromatic heterocycles. The van der Waals surface area contributed by atoms with E-state index in [2.05, 4.69) is 37.2 Å². The second-order valence-corrected chi connectivity index (χ2v) is 7.34. The number of rotatable bonds is 3. The number of hydrogen-bond acceptors (Lipinski definition) is 1. The van der Waals surface area contributed by atoms with Gasteiger partial charge in [-0.25, -0.2) is 0 Å². The lowest BCUT2D eigenvalue weighted by Gasteiger charge is -2.27. The van der Waals surface area contributed by atoms with Gasteiger partial charge in [0.1, 0.15) is 0 Å². The highest BCUT2D eigenvalue weighted by Crippen LogP contribution is 2.24. The standard InChI is InChI=1S/C17H17Br2NO/c1-11-4-9-15(19)14(10-11)16(21)20-17(2,3)12-5-7-13(18)8-6-12/h4-10H,1-3H3,(H,20,21). The summed E-state index contributed by atoms with van der Waals surface area (Å²) in [6.07, 6.45) is 0. The van der Waals surface area contributed by atoms with Crippen LogP contribution in [0.1, 0.15) is 35.3 Å². The van der Waals surface area contributed by atoms with Crippen LogP contribution < -0.4 is 5.32 Å². The summed E-state index contributed by atoms with van der Waals surface area (Å²) >= 11 is 6.86. The second kappa shape index (κ2) is 6.32. The SMILES string of the molecule is Cc1ccc(Br)c(C(=O)NC(C)(C)c2ccc(Br)cc2)c1. The van der Waals surface area contributed by atoms with Crippen molar-refractivity contribution in [3.05, 3.63) is 68.1 Å². The van der Waals surface area contributed by atoms with Crippen molar-refractivity contribution in [2.75, 3.05) is 0 Å². The van der Waals surface area contributed by atoms with E-state index in [1.54, 1.807) is 0 Å². The zero-order chi connectivity index (χ0) is 15.6. The van der Waals surface area contributed by atoms with E-state index in [1.807, 2.05) is 63.2 Å². The highest BCUT2D eigenvalue weighted by molar-refractivity contribution is 9.10. The maximum Gasteiger partial charge on any atom is 0.253 e. The van der Waals surface area contributed by atoms with Gasteiger partial charge in [-0.2, -0.15) is 0 Å². The number of carbonyl (C=O) groups is 1. The van der Waals surface area contributed by atoms with Crippen LogP contribution in [-0.2, 0) is 5.54 Å². The minimum absolute atomic E-state index is 0.0847. The van der Waals surface area contributed by atoms with Gasteiger partial charge in [-0.3, -0.25) is 4.79 Å². The number of halogens is 2. The first-order chi connectivity index (χ1) is 9.79. The maximum atomic E-state index is 12.5. The van der Waals surface area contributed by atoms with E-state index in [9.17, 15) is 4.79 Å². The molecule has 0 fully saturated rings. The monoisotopic (exact) mass is 409 g/mol. The second-order valence-electron chi connectivity index (χ2n) is 5.57. The topological polar surface area (TPSA) is 29.1 Å². The fraction of sp³-hybridized carbons (Fsp3) is 0.235. The third kappa shape index (κ3) is 3.95. The molecule has 2 aromatic rings. The van der Waals surface area contributed by atoms with Gasteiger partial charge in [-0.05, 0) is 66.5 Å². The van der Waals surface area contributed by atoms with E-state index in [0.717, 1.165) is 20.1 Å². The zero-order valence-electron chi connectivity index (χ0n) is 12.2. The van der Waals surface area contributed by atoms with Gasteiger partial charge in [0, 0.05) is 8.95 Å². The fourth-order valence-electron chi connectivity index (χ4n) is 2.10. The van der Waals surface area contributed by atoms with Gasteiger partial charge in [-0.15, -0.1) is 0 Å². The smallest absolute Gasteiger partial charge is 0.253 e. The van der Waals surface area contributed by atoms with Crippen molar-refractivity contribution in [3.63, 3.8) is 0 Å². The van der Waals surface area contributed by atoms with Crippen LogP contribution in [0.3, 0.4) is 0 Å². The van der Waals surface area contributed by atoms with Gasteiger partial charge in [0.05, 0.1) is 11.1 Å². The van der Waals surface area contributed by atoms with Crippen LogP contribution in [0.15, 0.2) is 51.4 Å². The van der Waals surface area contributed by atoms with Gasteiger partial charge in [0.25, 0.3) is 5.91 Å². The summed E-state index contributed by atoms with van der Waals surface area (Å²) in [4.78, 5) is 12.5. The van der Waals surface area contributed by atoms with E-state index in [4.69, 9.17) is 0 Å². The molecule has 0 radical (unpaired) electrons. The fourth-order valence-corrected chi connectivity index (χ4v) is 2.79. The van der Waals surface area contributed by atoms with Crippen LogP contribution in [0.4, 0.5) is 0 Å². The summed E-state index contributed by atoms with van der Waals surface area (Å²) < 4.78 is 1.83. The van der Waals surface area contributed by atoms with Crippen LogP contribution in [0.5, 0.6) is 0 Å². The Labute approximate surface area is 142 Å². The van der Waals surface area contributed by atoms with Gasteiger partial charge in [0.15, 0.2) is 0 Å². The Morgan fingerprint density at radius 3 is 2.29 bits per heavy atom. The number of carbonyl (C=O) groups excluding carboxylic acids is 1. The molecular weight excluding hydrogens is 394 g/mol. The van der Waals surface area contributed by atoms with Crippen molar-refractivity contribution in [3.8, 4) is 0 Å². The predicted molar refractivity (Wildman–Crippen MR) is 93.5 cm³/mol. The van der Waals surface area contributed by atoms with Gasteiger partial charge >= 0.3 is 0 Å². The lowest BCUT2D eigenvalue weighted by atomic mass is 9.94. The molecule has 0 saturated heterocycles. The molecule has 110 valence electrons. The lowest BCUT2D eigenvalue weighted by molar-refractivity contribution is 0.0911. The molecule has 0 aliphatic carbocycles. The number of amides is 1. The van der Waals surface area contributed by atoms with Crippen molar-refractivity contribution in [2.24, 2.45) is 0 Å². The quantitative estimate of drug-likeness (QED) is 0.741. The Balaban J connectivity index is 2.25. The molecule has 0 bridgehead atoms. The molecule has 0 aliphatic rings. The largest absolute Gasteiger partial charge is 0.343 e. The Hall–Kier alpha value is -1.13. The number of nitrogens with one attached hydrogen (secondary N) is 1. The number of hydrogen-bond donors (Lipinski definition) is 1. The molecule has 0 spiro atoms. The molecule has 0 unspecified atom stereocenters. The summed E-state index contributed by atoms with van der Waals surface area (Å²) in [5.41, 5.74) is 2.33. The van der Waals surface area contributed by atoms with Crippen molar-refractivity contribution in [1.29, 1.82) is 0 Å². The summed E-state index contributed by atoms with van der Waals surface area (Å²) in [7, 11) is 0. The predicted octanol–water partition coefficient (Wildman–Crippen LogP) is 5.19. The first kappa shape index (κ1) is 16.2. The van der Waals surface area contributed by atoms with E-state index in [0.29, 0.717) is 5.56 Å². The summed E-state index contributed by atoms with van der Waals surface area (Å²) in [5, 5.41) is 3.09. The molecule has 21 heavy (non-hydrogen) atoms. The normalized spacial score (nSPS) is 11.3. The first-order valence-corrected chi connectivity index (χ1v) is 8.23. The Morgan fingerprint density at radius 1 is 1.05 bits per heavy atom. The summed E-state index contributed by atoms with van der Waals surface area (Å²) in [5.74, 6) is -0.0847. The summed E-state index contributed by atoms with van der Waals surface area (Å²) in [6, 6.07) is 13.7. The van der Waals surface area contributed by atoms with Crippen molar-refractivity contribution < 1.29 is 4.79 Å². The molecule has 4 heteroatoms. The first-order valence-electron chi connectivity index (χ1n) is 6.64. The molecule has 2 aromatic carbocycles. The highest BCUT2D eigenvalue weighted by atomic mass is 79.9. The van der Waals surface area contributed by atoms with E-state index in [-0.39, 0.29) is 5.91 Å². The molecule has 1 N–H and O–H groups in total. The average Bonchev–Trinajstić information content (AvgIpc) is 2.41. The zero-order valence-corrected chi connectivity index (χ0v) is 15.4. The average molecular weight is 411 g/mol. The van der Waals surface area contributed by atoms with Crippen LogP contribution >= 0.6 is 31.9 Å². The Kier molecular flexibility index (Phi) is 4.89. The van der Waals surface area contributed by atoms with Crippen LogP contribution in [-0.4, -0.2) is 5.91 Å².